The van der Waals surface area contributed by atoms with Gasteiger partial charge in [-0.25, -0.2) is 4.98 Å². The largest absolute Gasteiger partial charge is 0.480 e. The van der Waals surface area contributed by atoms with Crippen molar-refractivity contribution in [2.75, 3.05) is 11.9 Å². The Kier molecular flexibility index (Phi) is 7.57. The van der Waals surface area contributed by atoms with Crippen LogP contribution in [0.4, 0.5) is 5.69 Å². The number of aromatic nitrogens is 2. The first-order valence-corrected chi connectivity index (χ1v) is 9.65. The fourth-order valence-corrected chi connectivity index (χ4v) is 2.83. The molecule has 0 unspecified atom stereocenters. The molecule has 8 nitrogen and oxygen atoms in total. The highest BCUT2D eigenvalue weighted by molar-refractivity contribution is 5.94. The maximum absolute atomic E-state index is 12.3. The van der Waals surface area contributed by atoms with E-state index >= 15 is 0 Å². The summed E-state index contributed by atoms with van der Waals surface area (Å²) in [6.45, 7) is 1.21. The normalized spacial score (nSPS) is 11.6. The molecule has 0 spiro atoms. The number of carboxylic acid groups (broad SMARTS) is 1. The average Bonchev–Trinajstić information content (AvgIpc) is 3.26. The quantitative estimate of drug-likeness (QED) is 0.421. The Morgan fingerprint density at radius 3 is 2.47 bits per heavy atom. The molecule has 0 radical (unpaired) electrons. The third-order valence-electron chi connectivity index (χ3n) is 4.35. The first kappa shape index (κ1) is 21.1. The zero-order valence-corrected chi connectivity index (χ0v) is 16.4. The summed E-state index contributed by atoms with van der Waals surface area (Å²) in [5.41, 5.74) is 0.574. The minimum atomic E-state index is -1.06. The summed E-state index contributed by atoms with van der Waals surface area (Å²) in [6.07, 6.45) is 5.81. The van der Waals surface area contributed by atoms with Crippen molar-refractivity contribution in [3.05, 3.63) is 73.3 Å². The summed E-state index contributed by atoms with van der Waals surface area (Å²) in [5.74, 6) is -0.0690. The molecule has 0 aliphatic rings. The van der Waals surface area contributed by atoms with Gasteiger partial charge >= 0.3 is 5.97 Å². The molecule has 30 heavy (non-hydrogen) atoms. The highest BCUT2D eigenvalue weighted by Gasteiger charge is 2.20. The van der Waals surface area contributed by atoms with Gasteiger partial charge in [0.2, 0.25) is 5.91 Å². The molecule has 0 aliphatic heterocycles. The van der Waals surface area contributed by atoms with Gasteiger partial charge in [0.25, 0.3) is 0 Å². The molecule has 1 atom stereocenters. The molecule has 1 aromatic heterocycles. The lowest BCUT2D eigenvalue weighted by Gasteiger charge is -2.15. The van der Waals surface area contributed by atoms with Crippen LogP contribution in [-0.4, -0.2) is 39.1 Å². The van der Waals surface area contributed by atoms with E-state index in [0.29, 0.717) is 18.0 Å². The van der Waals surface area contributed by atoms with Gasteiger partial charge in [-0.15, -0.1) is 0 Å². The molecule has 3 rings (SSSR count). The summed E-state index contributed by atoms with van der Waals surface area (Å²) < 4.78 is 7.62. The molecule has 3 aromatic rings. The number of para-hydroxylation sites is 1. The zero-order valence-electron chi connectivity index (χ0n) is 16.4. The highest BCUT2D eigenvalue weighted by Crippen LogP contribution is 2.22. The number of carbonyl (C=O) groups is 2. The fraction of sp³-hybridized carbons (Fsp3) is 0.227. The number of nitrogens with one attached hydrogen (secondary N) is 2. The molecule has 0 bridgehead atoms. The number of aliphatic carboxylic acids is 1. The van der Waals surface area contributed by atoms with Gasteiger partial charge in [0.1, 0.15) is 17.5 Å². The van der Waals surface area contributed by atoms with E-state index in [4.69, 9.17) is 4.74 Å². The van der Waals surface area contributed by atoms with E-state index in [2.05, 4.69) is 15.6 Å². The maximum Gasteiger partial charge on any atom is 0.321 e. The topological polar surface area (TPSA) is 105 Å². The number of amides is 1. The minimum absolute atomic E-state index is 0.164. The second-order valence-corrected chi connectivity index (χ2v) is 6.69. The van der Waals surface area contributed by atoms with E-state index in [0.717, 1.165) is 18.7 Å². The van der Waals surface area contributed by atoms with Crippen molar-refractivity contribution in [2.45, 2.75) is 25.4 Å². The molecule has 0 saturated carbocycles. The van der Waals surface area contributed by atoms with Crippen LogP contribution < -0.4 is 15.4 Å². The molecule has 1 heterocycles. The number of anilines is 1. The van der Waals surface area contributed by atoms with Crippen molar-refractivity contribution < 1.29 is 19.4 Å². The maximum atomic E-state index is 12.3. The third-order valence-corrected chi connectivity index (χ3v) is 4.35. The SMILES string of the molecule is O=C(C[C@H](NCCCn1ccnc1)C(=O)O)Nc1ccc(Oc2ccccc2)cc1. The van der Waals surface area contributed by atoms with E-state index in [1.54, 1.807) is 36.8 Å². The van der Waals surface area contributed by atoms with Gasteiger partial charge in [-0.3, -0.25) is 9.59 Å². The summed E-state index contributed by atoms with van der Waals surface area (Å²) >= 11 is 0. The van der Waals surface area contributed by atoms with E-state index in [9.17, 15) is 14.7 Å². The number of carboxylic acids is 1. The van der Waals surface area contributed by atoms with E-state index in [1.807, 2.05) is 41.1 Å². The predicted molar refractivity (Wildman–Crippen MR) is 112 cm³/mol. The van der Waals surface area contributed by atoms with E-state index in [-0.39, 0.29) is 12.3 Å². The number of carbonyl (C=O) groups excluding carboxylic acids is 1. The number of aryl methyl sites for hydroxylation is 1. The molecular weight excluding hydrogens is 384 g/mol. The molecule has 0 aliphatic carbocycles. The molecule has 0 saturated heterocycles. The Morgan fingerprint density at radius 2 is 1.80 bits per heavy atom. The van der Waals surface area contributed by atoms with Gasteiger partial charge in [-0.2, -0.15) is 0 Å². The number of nitrogens with zero attached hydrogens (tertiary/aromatic N) is 2. The summed E-state index contributed by atoms with van der Waals surface area (Å²) in [6, 6.07) is 15.3. The van der Waals surface area contributed by atoms with Crippen molar-refractivity contribution in [2.24, 2.45) is 0 Å². The van der Waals surface area contributed by atoms with Gasteiger partial charge in [0.05, 0.1) is 12.7 Å². The Labute approximate surface area is 174 Å². The Morgan fingerprint density at radius 1 is 1.07 bits per heavy atom. The molecular formula is C22H24N4O4. The standard InChI is InChI=1S/C22H24N4O4/c27-21(15-20(22(28)29)24-11-4-13-26-14-12-23-16-26)25-17-7-9-19(10-8-17)30-18-5-2-1-3-6-18/h1-3,5-10,12,14,16,20,24H,4,11,13,15H2,(H,25,27)(H,28,29)/t20-/m0/s1. The summed E-state index contributed by atoms with van der Waals surface area (Å²) in [4.78, 5) is 27.7. The Bertz CT molecular complexity index is 928. The second-order valence-electron chi connectivity index (χ2n) is 6.69. The molecule has 3 N–H and O–H groups in total. The monoisotopic (exact) mass is 408 g/mol. The predicted octanol–water partition coefficient (Wildman–Crippen LogP) is 3.14. The third kappa shape index (κ3) is 6.75. The van der Waals surface area contributed by atoms with Crippen LogP contribution in [0.15, 0.2) is 73.3 Å². The van der Waals surface area contributed by atoms with Crippen LogP contribution in [0.3, 0.4) is 0 Å². The Balaban J connectivity index is 1.44. The number of hydrogen-bond acceptors (Lipinski definition) is 5. The van der Waals surface area contributed by atoms with E-state index < -0.39 is 12.0 Å². The Hall–Kier alpha value is -3.65. The lowest BCUT2D eigenvalue weighted by molar-refractivity contribution is -0.141. The number of hydrogen-bond donors (Lipinski definition) is 3. The molecule has 0 fully saturated rings. The fourth-order valence-electron chi connectivity index (χ4n) is 2.83. The van der Waals surface area contributed by atoms with Crippen molar-refractivity contribution >= 4 is 17.6 Å². The smallest absolute Gasteiger partial charge is 0.321 e. The highest BCUT2D eigenvalue weighted by atomic mass is 16.5. The van der Waals surface area contributed by atoms with Crippen molar-refractivity contribution in [3.63, 3.8) is 0 Å². The van der Waals surface area contributed by atoms with Crippen LogP contribution in [0.5, 0.6) is 11.5 Å². The van der Waals surface area contributed by atoms with Crippen LogP contribution in [0.2, 0.25) is 0 Å². The van der Waals surface area contributed by atoms with Crippen LogP contribution >= 0.6 is 0 Å². The van der Waals surface area contributed by atoms with Gasteiger partial charge < -0.3 is 25.0 Å². The summed E-state index contributed by atoms with van der Waals surface area (Å²) in [5, 5.41) is 15.0. The van der Waals surface area contributed by atoms with E-state index in [1.165, 1.54) is 0 Å². The van der Waals surface area contributed by atoms with Crippen LogP contribution in [0.25, 0.3) is 0 Å². The minimum Gasteiger partial charge on any atom is -0.480 e. The van der Waals surface area contributed by atoms with Crippen LogP contribution in [0.1, 0.15) is 12.8 Å². The molecule has 1 amide bonds. The number of benzene rings is 2. The zero-order chi connectivity index (χ0) is 21.2. The lowest BCUT2D eigenvalue weighted by Crippen LogP contribution is -2.40. The molecule has 2 aromatic carbocycles. The van der Waals surface area contributed by atoms with Crippen molar-refractivity contribution in [1.82, 2.24) is 14.9 Å². The van der Waals surface area contributed by atoms with Gasteiger partial charge in [-0.05, 0) is 49.4 Å². The first-order valence-electron chi connectivity index (χ1n) is 9.65. The van der Waals surface area contributed by atoms with Gasteiger partial charge in [0.15, 0.2) is 0 Å². The number of rotatable bonds is 11. The first-order chi connectivity index (χ1) is 14.6. The second kappa shape index (κ2) is 10.8. The molecule has 8 heteroatoms. The lowest BCUT2D eigenvalue weighted by atomic mass is 10.2. The van der Waals surface area contributed by atoms with Gasteiger partial charge in [-0.1, -0.05) is 18.2 Å². The van der Waals surface area contributed by atoms with Gasteiger partial charge in [0, 0.05) is 24.6 Å². The summed E-state index contributed by atoms with van der Waals surface area (Å²) in [7, 11) is 0. The molecule has 156 valence electrons. The number of imidazole rings is 1. The van der Waals surface area contributed by atoms with Crippen molar-refractivity contribution in [1.29, 1.82) is 0 Å². The average molecular weight is 408 g/mol. The van der Waals surface area contributed by atoms with Crippen LogP contribution in [0, 0.1) is 0 Å². The van der Waals surface area contributed by atoms with Crippen molar-refractivity contribution in [3.8, 4) is 11.5 Å². The van der Waals surface area contributed by atoms with Crippen LogP contribution in [-0.2, 0) is 16.1 Å². The number of ether oxygens (including phenoxy) is 1.